The number of carboxylic acid groups (broad SMARTS) is 1. The molecule has 4 nitrogen and oxygen atoms in total. The van der Waals surface area contributed by atoms with Crippen LogP contribution in [0.5, 0.6) is 0 Å². The molecule has 26 heavy (non-hydrogen) atoms. The second kappa shape index (κ2) is 21.9. The number of unbranched alkanes of at least 4 members (excludes halogenated alkanes) is 14. The fourth-order valence-corrected chi connectivity index (χ4v) is 3.13. The van der Waals surface area contributed by atoms with Crippen LogP contribution in [-0.2, 0) is 9.59 Å². The second-order valence-electron chi connectivity index (χ2n) is 7.34. The van der Waals surface area contributed by atoms with Crippen LogP contribution >= 0.6 is 0 Å². The van der Waals surface area contributed by atoms with E-state index in [4.69, 9.17) is 5.11 Å². The molecule has 0 aromatic carbocycles. The van der Waals surface area contributed by atoms with Crippen LogP contribution in [0.25, 0.3) is 0 Å². The quantitative estimate of drug-likeness (QED) is 0.287. The molecule has 1 N–H and O–H groups in total. The van der Waals surface area contributed by atoms with E-state index in [-0.39, 0.29) is 65.3 Å². The van der Waals surface area contributed by atoms with Crippen molar-refractivity contribution in [3.8, 4) is 0 Å². The average molecular weight is 396 g/mol. The van der Waals surface area contributed by atoms with Crippen LogP contribution in [0.3, 0.4) is 0 Å². The Morgan fingerprint density at radius 1 is 0.731 bits per heavy atom. The number of carbonyl (C=O) groups is 2. The molecule has 5 heteroatoms. The van der Waals surface area contributed by atoms with E-state index in [0.717, 1.165) is 12.8 Å². The van der Waals surface area contributed by atoms with Crippen molar-refractivity contribution in [2.24, 2.45) is 0 Å². The minimum atomic E-state index is -0.952. The molecule has 0 aliphatic heterocycles. The van der Waals surface area contributed by atoms with E-state index in [1.807, 2.05) is 0 Å². The van der Waals surface area contributed by atoms with Crippen molar-refractivity contribution in [1.29, 1.82) is 0 Å². The number of amides is 1. The Kier molecular flexibility index (Phi) is 24.2. The predicted molar refractivity (Wildman–Crippen MR) is 106 cm³/mol. The molecule has 0 spiro atoms. The van der Waals surface area contributed by atoms with Gasteiger partial charge in [-0.3, -0.25) is 9.59 Å². The zero-order valence-corrected chi connectivity index (χ0v) is 20.9. The van der Waals surface area contributed by atoms with E-state index in [9.17, 15) is 9.59 Å². The van der Waals surface area contributed by atoms with Gasteiger partial charge in [0.05, 0.1) is 0 Å². The van der Waals surface area contributed by atoms with Gasteiger partial charge in [0.1, 0.15) is 6.54 Å². The summed E-state index contributed by atoms with van der Waals surface area (Å²) in [5, 5.41) is 8.64. The van der Waals surface area contributed by atoms with Gasteiger partial charge in [-0.05, 0) is 6.42 Å². The van der Waals surface area contributed by atoms with Gasteiger partial charge in [0.15, 0.2) is 0 Å². The Bertz CT molecular complexity index is 343. The first-order valence-corrected chi connectivity index (χ1v) is 10.5. The van der Waals surface area contributed by atoms with Crippen molar-refractivity contribution in [3.05, 3.63) is 0 Å². The molecule has 0 fully saturated rings. The Hall–Kier alpha value is 0.576. The van der Waals surface area contributed by atoms with Crippen LogP contribution < -0.4 is 51.4 Å². The molecule has 0 bridgehead atoms. The number of aliphatic carboxylic acids is 1. The summed E-state index contributed by atoms with van der Waals surface area (Å²) in [5.74, 6) is -1.01. The molecule has 1 amide bonds. The van der Waals surface area contributed by atoms with Crippen LogP contribution in [0.4, 0.5) is 0 Å². The molecule has 0 atom stereocenters. The van der Waals surface area contributed by atoms with Crippen molar-refractivity contribution >= 4 is 11.9 Å². The normalized spacial score (nSPS) is 10.4. The van der Waals surface area contributed by atoms with Gasteiger partial charge in [0.25, 0.3) is 0 Å². The summed E-state index contributed by atoms with van der Waals surface area (Å²) < 4.78 is 0. The third-order valence-electron chi connectivity index (χ3n) is 4.79. The molecule has 0 aliphatic carbocycles. The molecule has 0 heterocycles. The zero-order valence-electron chi connectivity index (χ0n) is 18.7. The molecule has 0 aromatic rings. The van der Waals surface area contributed by atoms with Gasteiger partial charge in [-0.25, -0.2) is 0 Å². The standard InChI is InChI=1S/C21H41NO3.K.H/c1-3-4-5-6-7-8-9-10-11-12-13-14-15-16-17-18-20(23)22(2)19-21(24)25;;/h3-19H2,1-2H3,(H,24,25);;/q;+1;-1. The topological polar surface area (TPSA) is 57.6 Å². The SMILES string of the molecule is CCCCCCCCCCCCCCCCCC(=O)N(C)CC(=O)O.[H-].[K+]. The van der Waals surface area contributed by atoms with E-state index >= 15 is 0 Å². The number of carbonyl (C=O) groups excluding carboxylic acids is 1. The maximum absolute atomic E-state index is 11.7. The van der Waals surface area contributed by atoms with Gasteiger partial charge in [0.2, 0.25) is 5.91 Å². The van der Waals surface area contributed by atoms with Gasteiger partial charge in [0, 0.05) is 13.5 Å². The van der Waals surface area contributed by atoms with Crippen molar-refractivity contribution in [2.45, 2.75) is 110 Å². The molecule has 150 valence electrons. The third kappa shape index (κ3) is 20.9. The second-order valence-corrected chi connectivity index (χ2v) is 7.34. The minimum Gasteiger partial charge on any atom is -1.00 e. The summed E-state index contributed by atoms with van der Waals surface area (Å²) in [6, 6.07) is 0. The van der Waals surface area contributed by atoms with Crippen LogP contribution in [0, 0.1) is 0 Å². The maximum atomic E-state index is 11.7. The molecule has 0 saturated heterocycles. The number of carboxylic acids is 1. The molecule has 0 saturated carbocycles. The monoisotopic (exact) mass is 395 g/mol. The summed E-state index contributed by atoms with van der Waals surface area (Å²) in [4.78, 5) is 23.5. The van der Waals surface area contributed by atoms with Gasteiger partial charge < -0.3 is 11.4 Å². The molecule has 0 rings (SSSR count). The van der Waals surface area contributed by atoms with Crippen molar-refractivity contribution in [3.63, 3.8) is 0 Å². The van der Waals surface area contributed by atoms with Crippen molar-refractivity contribution < 1.29 is 67.5 Å². The van der Waals surface area contributed by atoms with Crippen LogP contribution in [0.2, 0.25) is 0 Å². The number of hydrogen-bond acceptors (Lipinski definition) is 2. The predicted octanol–water partition coefficient (Wildman–Crippen LogP) is 2.91. The van der Waals surface area contributed by atoms with E-state index in [1.165, 1.54) is 88.4 Å². The van der Waals surface area contributed by atoms with E-state index < -0.39 is 5.97 Å². The maximum Gasteiger partial charge on any atom is 1.00 e. The van der Waals surface area contributed by atoms with E-state index in [1.54, 1.807) is 7.05 Å². The smallest absolute Gasteiger partial charge is 1.00 e. The molecule has 0 radical (unpaired) electrons. The summed E-state index contributed by atoms with van der Waals surface area (Å²) in [6.45, 7) is 2.07. The van der Waals surface area contributed by atoms with Gasteiger partial charge in [-0.15, -0.1) is 0 Å². The summed E-state index contributed by atoms with van der Waals surface area (Å²) in [5.41, 5.74) is 0. The Morgan fingerprint density at radius 3 is 1.42 bits per heavy atom. The minimum absolute atomic E-state index is 0. The van der Waals surface area contributed by atoms with Crippen LogP contribution in [0.1, 0.15) is 111 Å². The van der Waals surface area contributed by atoms with Crippen LogP contribution in [0.15, 0.2) is 0 Å². The van der Waals surface area contributed by atoms with Gasteiger partial charge >= 0.3 is 57.4 Å². The van der Waals surface area contributed by atoms with Gasteiger partial charge in [-0.2, -0.15) is 0 Å². The summed E-state index contributed by atoms with van der Waals surface area (Å²) in [6.07, 6.45) is 20.1. The Morgan fingerprint density at radius 2 is 1.08 bits per heavy atom. The first kappa shape index (κ1) is 28.8. The number of hydrogen-bond donors (Lipinski definition) is 1. The molecule has 0 aromatic heterocycles. The first-order chi connectivity index (χ1) is 12.1. The van der Waals surface area contributed by atoms with Gasteiger partial charge in [-0.1, -0.05) is 96.8 Å². The summed E-state index contributed by atoms with van der Waals surface area (Å²) >= 11 is 0. The molecule has 0 aliphatic rings. The largest absolute Gasteiger partial charge is 1.00 e. The number of nitrogens with zero attached hydrogens (tertiary/aromatic N) is 1. The van der Waals surface area contributed by atoms with Crippen molar-refractivity contribution in [1.82, 2.24) is 4.90 Å². The number of rotatable bonds is 18. The Balaban J connectivity index is -0.00000288. The average Bonchev–Trinajstić information content (AvgIpc) is 2.57. The third-order valence-corrected chi connectivity index (χ3v) is 4.79. The van der Waals surface area contributed by atoms with Crippen LogP contribution in [-0.4, -0.2) is 35.5 Å². The fourth-order valence-electron chi connectivity index (χ4n) is 3.13. The zero-order chi connectivity index (χ0) is 18.8. The molecular formula is C21H42KNO3. The molecule has 0 unspecified atom stereocenters. The van der Waals surface area contributed by atoms with Crippen molar-refractivity contribution in [2.75, 3.05) is 13.6 Å². The van der Waals surface area contributed by atoms with E-state index in [0.29, 0.717) is 6.42 Å². The number of likely N-dealkylation sites (N-methyl/N-ethyl adjacent to an activating group) is 1. The van der Waals surface area contributed by atoms with E-state index in [2.05, 4.69) is 6.92 Å². The first-order valence-electron chi connectivity index (χ1n) is 10.5. The fraction of sp³-hybridized carbons (Fsp3) is 0.905. The summed E-state index contributed by atoms with van der Waals surface area (Å²) in [7, 11) is 1.56. The Labute approximate surface area is 205 Å². The molecular weight excluding hydrogens is 353 g/mol.